The lowest BCUT2D eigenvalue weighted by molar-refractivity contribution is -0.117. The lowest BCUT2D eigenvalue weighted by Crippen LogP contribution is -2.24. The monoisotopic (exact) mass is 301 g/mol. The van der Waals surface area contributed by atoms with Crippen LogP contribution in [0, 0.1) is 23.0 Å². The smallest absolute Gasteiger partial charge is 0.137 e. The van der Waals surface area contributed by atoms with Gasteiger partial charge in [0.15, 0.2) is 0 Å². The Morgan fingerprint density at radius 1 is 1.47 bits per heavy atom. The van der Waals surface area contributed by atoms with E-state index in [0.29, 0.717) is 0 Å². The van der Waals surface area contributed by atoms with Crippen molar-refractivity contribution in [3.8, 4) is 6.07 Å². The summed E-state index contributed by atoms with van der Waals surface area (Å²) in [5.41, 5.74) is -1.45. The van der Waals surface area contributed by atoms with E-state index in [9.17, 15) is 13.6 Å². The molecule has 0 aliphatic rings. The van der Waals surface area contributed by atoms with Gasteiger partial charge in [-0.25, -0.2) is 8.78 Å². The van der Waals surface area contributed by atoms with Gasteiger partial charge in [0, 0.05) is 12.0 Å². The molecule has 1 rings (SSSR count). The summed E-state index contributed by atoms with van der Waals surface area (Å²) in [4.78, 5) is 11.1. The Morgan fingerprint density at radius 2 is 2.06 bits per heavy atom. The Bertz CT molecular complexity index is 510. The van der Waals surface area contributed by atoms with Gasteiger partial charge in [-0.05, 0) is 41.9 Å². The van der Waals surface area contributed by atoms with Gasteiger partial charge < -0.3 is 0 Å². The molecule has 0 aromatic heterocycles. The molecule has 1 atom stereocenters. The third-order valence-electron chi connectivity index (χ3n) is 2.45. The van der Waals surface area contributed by atoms with Crippen molar-refractivity contribution < 1.29 is 13.6 Å². The van der Waals surface area contributed by atoms with Crippen molar-refractivity contribution in [2.24, 2.45) is 0 Å². The molecule has 0 N–H and O–H groups in total. The first kappa shape index (κ1) is 13.8. The Hall–Kier alpha value is -1.28. The van der Waals surface area contributed by atoms with Crippen molar-refractivity contribution >= 4 is 21.7 Å². The normalized spacial score (nSPS) is 13.9. The van der Waals surface area contributed by atoms with Crippen LogP contribution in [0.25, 0.3) is 0 Å². The van der Waals surface area contributed by atoms with E-state index in [1.165, 1.54) is 13.8 Å². The van der Waals surface area contributed by atoms with Crippen LogP contribution in [0.4, 0.5) is 8.78 Å². The van der Waals surface area contributed by atoms with Crippen molar-refractivity contribution in [1.29, 1.82) is 5.26 Å². The summed E-state index contributed by atoms with van der Waals surface area (Å²) in [6.45, 7) is 2.73. The number of ketones is 1. The lowest BCUT2D eigenvalue weighted by Gasteiger charge is -2.21. The van der Waals surface area contributed by atoms with Gasteiger partial charge in [0.2, 0.25) is 0 Å². The molecule has 90 valence electrons. The first-order valence-corrected chi connectivity index (χ1v) is 5.65. The summed E-state index contributed by atoms with van der Waals surface area (Å²) >= 11 is 2.85. The Labute approximate surface area is 106 Å². The van der Waals surface area contributed by atoms with Crippen LogP contribution in [0.1, 0.15) is 25.8 Å². The van der Waals surface area contributed by atoms with Crippen LogP contribution in [0.3, 0.4) is 0 Å². The molecule has 0 bridgehead atoms. The average Bonchev–Trinajstić information content (AvgIpc) is 2.22. The molecule has 0 aliphatic heterocycles. The van der Waals surface area contributed by atoms with Crippen molar-refractivity contribution in [2.75, 3.05) is 0 Å². The molecule has 0 spiro atoms. The quantitative estimate of drug-likeness (QED) is 0.802. The molecule has 0 amide bonds. The fourth-order valence-corrected chi connectivity index (χ4v) is 1.95. The van der Waals surface area contributed by atoms with Crippen LogP contribution in [-0.2, 0) is 10.2 Å². The van der Waals surface area contributed by atoms with E-state index in [4.69, 9.17) is 5.26 Å². The molecule has 0 saturated carbocycles. The largest absolute Gasteiger partial charge is 0.300 e. The number of carbonyl (C=O) groups is 1. The van der Waals surface area contributed by atoms with E-state index >= 15 is 0 Å². The van der Waals surface area contributed by atoms with Crippen LogP contribution in [-0.4, -0.2) is 5.78 Å². The minimum atomic E-state index is -1.35. The van der Waals surface area contributed by atoms with Crippen LogP contribution in [0.15, 0.2) is 16.6 Å². The summed E-state index contributed by atoms with van der Waals surface area (Å²) < 4.78 is 27.0. The average molecular weight is 302 g/mol. The zero-order valence-corrected chi connectivity index (χ0v) is 10.9. The Kier molecular flexibility index (Phi) is 3.99. The number of halogens is 3. The van der Waals surface area contributed by atoms with Crippen molar-refractivity contribution in [3.05, 3.63) is 33.8 Å². The highest BCUT2D eigenvalue weighted by molar-refractivity contribution is 9.10. The molecule has 2 nitrogen and oxygen atoms in total. The zero-order valence-electron chi connectivity index (χ0n) is 9.35. The number of hydrogen-bond acceptors (Lipinski definition) is 2. The van der Waals surface area contributed by atoms with Gasteiger partial charge in [-0.3, -0.25) is 4.79 Å². The van der Waals surface area contributed by atoms with Crippen LogP contribution >= 0.6 is 15.9 Å². The van der Waals surface area contributed by atoms with Crippen LogP contribution in [0.5, 0.6) is 0 Å². The molecule has 0 heterocycles. The van der Waals surface area contributed by atoms with E-state index in [0.717, 1.165) is 12.1 Å². The van der Waals surface area contributed by atoms with Gasteiger partial charge in [0.1, 0.15) is 17.4 Å². The van der Waals surface area contributed by atoms with E-state index < -0.39 is 17.0 Å². The van der Waals surface area contributed by atoms with Gasteiger partial charge in [-0.2, -0.15) is 5.26 Å². The summed E-state index contributed by atoms with van der Waals surface area (Å²) in [6, 6.07) is 3.78. The summed E-state index contributed by atoms with van der Waals surface area (Å²) in [5.74, 6) is -1.62. The SMILES string of the molecule is CC(=O)CC(C)(C#N)c1cc(F)c(Br)cc1F. The maximum absolute atomic E-state index is 13.7. The number of nitriles is 1. The predicted molar refractivity (Wildman–Crippen MR) is 62.3 cm³/mol. The van der Waals surface area contributed by atoms with E-state index in [-0.39, 0.29) is 22.2 Å². The minimum Gasteiger partial charge on any atom is -0.300 e. The lowest BCUT2D eigenvalue weighted by atomic mass is 9.79. The number of nitrogens with zero attached hydrogens (tertiary/aromatic N) is 1. The second kappa shape index (κ2) is 4.92. The second-order valence-electron chi connectivity index (χ2n) is 4.07. The Morgan fingerprint density at radius 3 is 2.53 bits per heavy atom. The number of Topliss-reactive ketones (excluding diaryl/α,β-unsaturated/α-hetero) is 1. The van der Waals surface area contributed by atoms with Crippen molar-refractivity contribution in [2.45, 2.75) is 25.7 Å². The number of rotatable bonds is 3. The van der Waals surface area contributed by atoms with Gasteiger partial charge in [-0.1, -0.05) is 0 Å². The third-order valence-corrected chi connectivity index (χ3v) is 3.06. The van der Waals surface area contributed by atoms with Crippen molar-refractivity contribution in [1.82, 2.24) is 0 Å². The molecule has 1 aromatic rings. The minimum absolute atomic E-state index is 0.0122. The van der Waals surface area contributed by atoms with Crippen LogP contribution in [0.2, 0.25) is 0 Å². The van der Waals surface area contributed by atoms with E-state index in [1.807, 2.05) is 6.07 Å². The van der Waals surface area contributed by atoms with Crippen molar-refractivity contribution in [3.63, 3.8) is 0 Å². The zero-order chi connectivity index (χ0) is 13.2. The highest BCUT2D eigenvalue weighted by Crippen LogP contribution is 2.32. The highest BCUT2D eigenvalue weighted by Gasteiger charge is 2.32. The fourth-order valence-electron chi connectivity index (χ4n) is 1.64. The number of benzene rings is 1. The fraction of sp³-hybridized carbons (Fsp3) is 0.333. The molecule has 0 fully saturated rings. The van der Waals surface area contributed by atoms with Gasteiger partial charge in [0.05, 0.1) is 16.0 Å². The molecular weight excluding hydrogens is 292 g/mol. The maximum atomic E-state index is 13.7. The summed E-state index contributed by atoms with van der Waals surface area (Å²) in [6.07, 6.45) is -0.151. The number of hydrogen-bond donors (Lipinski definition) is 0. The van der Waals surface area contributed by atoms with Gasteiger partial charge in [-0.15, -0.1) is 0 Å². The number of carbonyl (C=O) groups excluding carboxylic acids is 1. The first-order valence-electron chi connectivity index (χ1n) is 4.86. The third kappa shape index (κ3) is 2.89. The molecule has 1 aromatic carbocycles. The second-order valence-corrected chi connectivity index (χ2v) is 4.92. The molecule has 0 radical (unpaired) electrons. The molecule has 17 heavy (non-hydrogen) atoms. The summed E-state index contributed by atoms with van der Waals surface area (Å²) in [5, 5.41) is 9.07. The Balaban J connectivity index is 3.36. The van der Waals surface area contributed by atoms with Crippen LogP contribution < -0.4 is 0 Å². The molecule has 5 heteroatoms. The molecule has 0 saturated heterocycles. The highest BCUT2D eigenvalue weighted by atomic mass is 79.9. The maximum Gasteiger partial charge on any atom is 0.137 e. The molecular formula is C12H10BrF2NO. The summed E-state index contributed by atoms with van der Waals surface area (Å²) in [7, 11) is 0. The van der Waals surface area contributed by atoms with E-state index in [1.54, 1.807) is 0 Å². The molecule has 0 aliphatic carbocycles. The standard InChI is InChI=1S/C12H10BrF2NO/c1-7(17)5-12(2,6-16)8-3-11(15)9(13)4-10(8)14/h3-4H,5H2,1-2H3. The molecule has 1 unspecified atom stereocenters. The van der Waals surface area contributed by atoms with E-state index in [2.05, 4.69) is 15.9 Å². The van der Waals surface area contributed by atoms with Gasteiger partial charge in [0.25, 0.3) is 0 Å². The first-order chi connectivity index (χ1) is 7.80. The van der Waals surface area contributed by atoms with Gasteiger partial charge >= 0.3 is 0 Å². The predicted octanol–water partition coefficient (Wildman–Crippen LogP) is 3.49. The topological polar surface area (TPSA) is 40.9 Å².